The SMILES string of the molecule is CCOc1ccccc1N1CCN(C(=O)Nc2cc(CC)c(C)nc2OC)CC1. The molecular weight excluding hydrogens is 368 g/mol. The van der Waals surface area contributed by atoms with Gasteiger partial charge in [-0.15, -0.1) is 0 Å². The predicted molar refractivity (Wildman–Crippen MR) is 115 cm³/mol. The molecule has 1 fully saturated rings. The quantitative estimate of drug-likeness (QED) is 0.803. The zero-order valence-corrected chi connectivity index (χ0v) is 17.7. The molecule has 1 aliphatic heterocycles. The minimum Gasteiger partial charge on any atom is -0.492 e. The molecule has 0 aliphatic carbocycles. The number of anilines is 2. The number of benzene rings is 1. The van der Waals surface area contributed by atoms with Crippen molar-refractivity contribution in [2.45, 2.75) is 27.2 Å². The molecule has 1 saturated heterocycles. The molecule has 0 radical (unpaired) electrons. The normalized spacial score (nSPS) is 13.9. The lowest BCUT2D eigenvalue weighted by Gasteiger charge is -2.36. The van der Waals surface area contributed by atoms with Crippen molar-refractivity contribution in [3.63, 3.8) is 0 Å². The molecule has 2 aromatic rings. The van der Waals surface area contributed by atoms with Crippen molar-refractivity contribution in [3.05, 3.63) is 41.6 Å². The highest BCUT2D eigenvalue weighted by atomic mass is 16.5. The number of aromatic nitrogens is 1. The molecule has 0 spiro atoms. The largest absolute Gasteiger partial charge is 0.492 e. The summed E-state index contributed by atoms with van der Waals surface area (Å²) in [6.45, 7) is 9.40. The molecule has 0 bridgehead atoms. The number of aryl methyl sites for hydroxylation is 2. The lowest BCUT2D eigenvalue weighted by Crippen LogP contribution is -2.50. The fourth-order valence-corrected chi connectivity index (χ4v) is 3.57. The van der Waals surface area contributed by atoms with Crippen LogP contribution in [0.1, 0.15) is 25.1 Å². The van der Waals surface area contributed by atoms with Gasteiger partial charge in [0.1, 0.15) is 11.4 Å². The lowest BCUT2D eigenvalue weighted by molar-refractivity contribution is 0.208. The third kappa shape index (κ3) is 4.72. The van der Waals surface area contributed by atoms with Gasteiger partial charge < -0.3 is 24.6 Å². The summed E-state index contributed by atoms with van der Waals surface area (Å²) in [4.78, 5) is 21.4. The van der Waals surface area contributed by atoms with E-state index in [9.17, 15) is 4.79 Å². The van der Waals surface area contributed by atoms with Crippen molar-refractivity contribution in [2.75, 3.05) is 50.1 Å². The van der Waals surface area contributed by atoms with Gasteiger partial charge in [-0.3, -0.25) is 0 Å². The lowest BCUT2D eigenvalue weighted by atomic mass is 10.1. The van der Waals surface area contributed by atoms with Gasteiger partial charge in [-0.05, 0) is 44.0 Å². The minimum absolute atomic E-state index is 0.131. The van der Waals surface area contributed by atoms with Gasteiger partial charge in [0.25, 0.3) is 0 Å². The van der Waals surface area contributed by atoms with Crippen molar-refractivity contribution in [2.24, 2.45) is 0 Å². The van der Waals surface area contributed by atoms with Crippen molar-refractivity contribution in [1.29, 1.82) is 0 Å². The number of pyridine rings is 1. The zero-order valence-electron chi connectivity index (χ0n) is 17.7. The molecule has 1 aromatic carbocycles. The number of ether oxygens (including phenoxy) is 2. The number of urea groups is 1. The van der Waals surface area contributed by atoms with Gasteiger partial charge in [0.05, 0.1) is 19.4 Å². The number of nitrogens with zero attached hydrogens (tertiary/aromatic N) is 3. The maximum atomic E-state index is 12.8. The van der Waals surface area contributed by atoms with Crippen molar-refractivity contribution < 1.29 is 14.3 Å². The average molecular weight is 399 g/mol. The second-order valence-corrected chi connectivity index (χ2v) is 6.95. The van der Waals surface area contributed by atoms with Crippen molar-refractivity contribution in [1.82, 2.24) is 9.88 Å². The molecule has 7 nitrogen and oxygen atoms in total. The van der Waals surface area contributed by atoms with E-state index in [2.05, 4.69) is 28.2 Å². The van der Waals surface area contributed by atoms with Gasteiger partial charge in [0.2, 0.25) is 5.88 Å². The molecule has 3 rings (SSSR count). The van der Waals surface area contributed by atoms with E-state index in [1.54, 1.807) is 7.11 Å². The summed E-state index contributed by atoms with van der Waals surface area (Å²) in [6.07, 6.45) is 0.851. The summed E-state index contributed by atoms with van der Waals surface area (Å²) in [7, 11) is 1.57. The van der Waals surface area contributed by atoms with E-state index in [4.69, 9.17) is 9.47 Å². The van der Waals surface area contributed by atoms with Crippen LogP contribution < -0.4 is 19.7 Å². The van der Waals surface area contributed by atoms with E-state index in [-0.39, 0.29) is 6.03 Å². The number of carbonyl (C=O) groups is 1. The summed E-state index contributed by atoms with van der Waals surface area (Å²) in [5.74, 6) is 1.33. The summed E-state index contributed by atoms with van der Waals surface area (Å²) in [5, 5.41) is 2.98. The Morgan fingerprint density at radius 1 is 1.17 bits per heavy atom. The maximum absolute atomic E-state index is 12.8. The van der Waals surface area contributed by atoms with Gasteiger partial charge in [0, 0.05) is 31.9 Å². The first-order chi connectivity index (χ1) is 14.1. The number of hydrogen-bond donors (Lipinski definition) is 1. The Bertz CT molecular complexity index is 848. The summed E-state index contributed by atoms with van der Waals surface area (Å²) in [6, 6.07) is 9.86. The van der Waals surface area contributed by atoms with Gasteiger partial charge in [-0.25, -0.2) is 9.78 Å². The molecule has 7 heteroatoms. The summed E-state index contributed by atoms with van der Waals surface area (Å²) < 4.78 is 11.1. The zero-order chi connectivity index (χ0) is 20.8. The molecule has 1 N–H and O–H groups in total. The van der Waals surface area contributed by atoms with E-state index in [0.29, 0.717) is 31.3 Å². The Morgan fingerprint density at radius 3 is 2.55 bits per heavy atom. The van der Waals surface area contributed by atoms with Crippen molar-refractivity contribution in [3.8, 4) is 11.6 Å². The minimum atomic E-state index is -0.131. The summed E-state index contributed by atoms with van der Waals surface area (Å²) >= 11 is 0. The average Bonchev–Trinajstić information content (AvgIpc) is 2.75. The number of nitrogens with one attached hydrogen (secondary N) is 1. The first-order valence-electron chi connectivity index (χ1n) is 10.1. The Labute approximate surface area is 172 Å². The number of carbonyl (C=O) groups excluding carboxylic acids is 1. The topological polar surface area (TPSA) is 66.9 Å². The number of para-hydroxylation sites is 2. The van der Waals surface area contributed by atoms with Crippen LogP contribution in [0.25, 0.3) is 0 Å². The van der Waals surface area contributed by atoms with Crippen molar-refractivity contribution >= 4 is 17.4 Å². The molecule has 0 unspecified atom stereocenters. The number of piperazine rings is 1. The second-order valence-electron chi connectivity index (χ2n) is 6.95. The molecule has 156 valence electrons. The molecule has 29 heavy (non-hydrogen) atoms. The predicted octanol–water partition coefficient (Wildman–Crippen LogP) is 3.71. The standard InChI is InChI=1S/C22H30N4O3/c1-5-17-15-18(21(28-4)23-16(17)3)24-22(27)26-13-11-25(12-14-26)19-9-7-8-10-20(19)29-6-2/h7-10,15H,5-6,11-14H2,1-4H3,(H,24,27). The Balaban J connectivity index is 1.65. The van der Waals surface area contributed by atoms with E-state index in [1.807, 2.05) is 43.0 Å². The van der Waals surface area contributed by atoms with E-state index >= 15 is 0 Å². The van der Waals surface area contributed by atoms with Gasteiger partial charge >= 0.3 is 6.03 Å². The van der Waals surface area contributed by atoms with E-state index in [0.717, 1.165) is 42.2 Å². The van der Waals surface area contributed by atoms with Gasteiger partial charge in [0.15, 0.2) is 0 Å². The first kappa shape index (κ1) is 20.8. The van der Waals surface area contributed by atoms with E-state index in [1.165, 1.54) is 0 Å². The molecular formula is C22H30N4O3. The highest BCUT2D eigenvalue weighted by Gasteiger charge is 2.24. The fraction of sp³-hybridized carbons (Fsp3) is 0.455. The molecule has 0 atom stereocenters. The third-order valence-corrected chi connectivity index (χ3v) is 5.17. The van der Waals surface area contributed by atoms with Crippen LogP contribution in [0.5, 0.6) is 11.6 Å². The first-order valence-corrected chi connectivity index (χ1v) is 10.1. The van der Waals surface area contributed by atoms with E-state index < -0.39 is 0 Å². The third-order valence-electron chi connectivity index (χ3n) is 5.17. The molecule has 2 amide bonds. The Kier molecular flexibility index (Phi) is 6.80. The van der Waals surface area contributed by atoms with Crippen LogP contribution >= 0.6 is 0 Å². The fourth-order valence-electron chi connectivity index (χ4n) is 3.57. The maximum Gasteiger partial charge on any atom is 0.322 e. The van der Waals surface area contributed by atoms with Gasteiger partial charge in [-0.2, -0.15) is 0 Å². The summed E-state index contributed by atoms with van der Waals surface area (Å²) in [5.41, 5.74) is 3.71. The highest BCUT2D eigenvalue weighted by Crippen LogP contribution is 2.29. The second kappa shape index (κ2) is 9.49. The monoisotopic (exact) mass is 398 g/mol. The molecule has 1 aromatic heterocycles. The van der Waals surface area contributed by atoms with Gasteiger partial charge in [-0.1, -0.05) is 19.1 Å². The molecule has 1 aliphatic rings. The number of amides is 2. The highest BCUT2D eigenvalue weighted by molar-refractivity contribution is 5.91. The van der Waals surface area contributed by atoms with Crippen LogP contribution in [0.2, 0.25) is 0 Å². The Hall–Kier alpha value is -2.96. The molecule has 0 saturated carbocycles. The van der Waals surface area contributed by atoms with Crippen LogP contribution in [-0.2, 0) is 6.42 Å². The number of hydrogen-bond acceptors (Lipinski definition) is 5. The van der Waals surface area contributed by atoms with Crippen LogP contribution in [0.4, 0.5) is 16.2 Å². The van der Waals surface area contributed by atoms with Crippen LogP contribution in [-0.4, -0.2) is 55.8 Å². The van der Waals surface area contributed by atoms with Crippen LogP contribution in [0, 0.1) is 6.92 Å². The molecule has 2 heterocycles. The van der Waals surface area contributed by atoms with Crippen LogP contribution in [0.3, 0.4) is 0 Å². The Morgan fingerprint density at radius 2 is 1.90 bits per heavy atom. The number of methoxy groups -OCH3 is 1. The number of rotatable bonds is 6. The van der Waals surface area contributed by atoms with Crippen LogP contribution in [0.15, 0.2) is 30.3 Å². The smallest absolute Gasteiger partial charge is 0.322 e.